The van der Waals surface area contributed by atoms with Crippen molar-refractivity contribution in [3.63, 3.8) is 0 Å². The van der Waals surface area contributed by atoms with E-state index in [0.717, 1.165) is 35.6 Å². The second kappa shape index (κ2) is 9.21. The zero-order valence-corrected chi connectivity index (χ0v) is 14.4. The van der Waals surface area contributed by atoms with Gasteiger partial charge in [0.25, 0.3) is 0 Å². The van der Waals surface area contributed by atoms with Crippen LogP contribution in [0.25, 0.3) is 0 Å². The zero-order chi connectivity index (χ0) is 15.0. The van der Waals surface area contributed by atoms with Crippen molar-refractivity contribution in [3.8, 4) is 11.5 Å². The quantitative estimate of drug-likeness (QED) is 0.746. The molecule has 0 aliphatic heterocycles. The Balaban J connectivity index is 2.84. The van der Waals surface area contributed by atoms with E-state index in [1.165, 1.54) is 5.56 Å². The van der Waals surface area contributed by atoms with Crippen molar-refractivity contribution >= 4 is 15.9 Å². The van der Waals surface area contributed by atoms with Crippen molar-refractivity contribution in [1.82, 2.24) is 10.2 Å². The molecule has 0 unspecified atom stereocenters. The minimum absolute atomic E-state index is 0.626. The summed E-state index contributed by atoms with van der Waals surface area (Å²) in [6.45, 7) is 7.98. The standard InChI is InChI=1S/C15H25BrN2O2/c1-5-17-11-12-9-13(16)15(14(10-12)19-6-2)20-8-7-18(3)4/h9-10,17H,5-8,11H2,1-4H3. The van der Waals surface area contributed by atoms with Crippen LogP contribution in [-0.2, 0) is 6.54 Å². The van der Waals surface area contributed by atoms with E-state index in [4.69, 9.17) is 9.47 Å². The SMILES string of the molecule is CCNCc1cc(Br)c(OCCN(C)C)c(OCC)c1. The number of benzene rings is 1. The van der Waals surface area contributed by atoms with Crippen LogP contribution in [0.2, 0.25) is 0 Å². The number of rotatable bonds is 9. The molecule has 1 aromatic rings. The van der Waals surface area contributed by atoms with E-state index in [0.29, 0.717) is 13.2 Å². The van der Waals surface area contributed by atoms with Crippen LogP contribution in [0.1, 0.15) is 19.4 Å². The van der Waals surface area contributed by atoms with E-state index < -0.39 is 0 Å². The summed E-state index contributed by atoms with van der Waals surface area (Å²) in [5, 5.41) is 3.31. The Morgan fingerprint density at radius 3 is 2.55 bits per heavy atom. The molecule has 0 radical (unpaired) electrons. The van der Waals surface area contributed by atoms with Crippen LogP contribution in [0, 0.1) is 0 Å². The third-order valence-corrected chi connectivity index (χ3v) is 3.32. The Morgan fingerprint density at radius 2 is 1.95 bits per heavy atom. The van der Waals surface area contributed by atoms with Crippen molar-refractivity contribution in [2.45, 2.75) is 20.4 Å². The number of nitrogens with zero attached hydrogens (tertiary/aromatic N) is 1. The molecular formula is C15H25BrN2O2. The Bertz CT molecular complexity index is 411. The van der Waals surface area contributed by atoms with Crippen molar-refractivity contribution < 1.29 is 9.47 Å². The van der Waals surface area contributed by atoms with Crippen molar-refractivity contribution in [1.29, 1.82) is 0 Å². The highest BCUT2D eigenvalue weighted by molar-refractivity contribution is 9.10. The van der Waals surface area contributed by atoms with Gasteiger partial charge in [-0.3, -0.25) is 0 Å². The smallest absolute Gasteiger partial charge is 0.175 e. The molecule has 0 amide bonds. The minimum atomic E-state index is 0.626. The fourth-order valence-corrected chi connectivity index (χ4v) is 2.33. The maximum absolute atomic E-state index is 5.86. The summed E-state index contributed by atoms with van der Waals surface area (Å²) < 4.78 is 12.5. The van der Waals surface area contributed by atoms with E-state index in [-0.39, 0.29) is 0 Å². The van der Waals surface area contributed by atoms with Gasteiger partial charge in [0.15, 0.2) is 11.5 Å². The highest BCUT2D eigenvalue weighted by atomic mass is 79.9. The lowest BCUT2D eigenvalue weighted by molar-refractivity contribution is 0.242. The predicted molar refractivity (Wildman–Crippen MR) is 86.7 cm³/mol. The zero-order valence-electron chi connectivity index (χ0n) is 12.8. The summed E-state index contributed by atoms with van der Waals surface area (Å²) >= 11 is 3.58. The molecule has 1 N–H and O–H groups in total. The summed E-state index contributed by atoms with van der Waals surface area (Å²) in [4.78, 5) is 2.09. The number of halogens is 1. The van der Waals surface area contributed by atoms with Gasteiger partial charge in [-0.25, -0.2) is 0 Å². The lowest BCUT2D eigenvalue weighted by atomic mass is 10.2. The Hall–Kier alpha value is -0.780. The van der Waals surface area contributed by atoms with Gasteiger partial charge < -0.3 is 19.7 Å². The van der Waals surface area contributed by atoms with Crippen LogP contribution in [0.3, 0.4) is 0 Å². The number of hydrogen-bond acceptors (Lipinski definition) is 4. The van der Waals surface area contributed by atoms with E-state index >= 15 is 0 Å². The molecule has 0 heterocycles. The van der Waals surface area contributed by atoms with Crippen LogP contribution >= 0.6 is 15.9 Å². The van der Waals surface area contributed by atoms with Crippen molar-refractivity contribution in [3.05, 3.63) is 22.2 Å². The second-order valence-electron chi connectivity index (χ2n) is 4.77. The molecule has 4 nitrogen and oxygen atoms in total. The topological polar surface area (TPSA) is 33.7 Å². The largest absolute Gasteiger partial charge is 0.490 e. The Morgan fingerprint density at radius 1 is 1.20 bits per heavy atom. The fraction of sp³-hybridized carbons (Fsp3) is 0.600. The summed E-state index contributed by atoms with van der Waals surface area (Å²) in [6, 6.07) is 4.12. The molecule has 0 aromatic heterocycles. The first kappa shape index (κ1) is 17.3. The van der Waals surface area contributed by atoms with Crippen LogP contribution in [0.15, 0.2) is 16.6 Å². The van der Waals surface area contributed by atoms with Crippen LogP contribution in [0.5, 0.6) is 11.5 Å². The Labute approximate surface area is 130 Å². The average Bonchev–Trinajstić information content (AvgIpc) is 2.39. The molecule has 0 aliphatic rings. The molecule has 5 heteroatoms. The predicted octanol–water partition coefficient (Wildman–Crippen LogP) is 2.90. The Kier molecular flexibility index (Phi) is 7.95. The summed E-state index contributed by atoms with van der Waals surface area (Å²) in [7, 11) is 4.06. The van der Waals surface area contributed by atoms with E-state index in [9.17, 15) is 0 Å². The fourth-order valence-electron chi connectivity index (χ4n) is 1.73. The molecule has 0 spiro atoms. The van der Waals surface area contributed by atoms with Crippen molar-refractivity contribution in [2.75, 3.05) is 40.4 Å². The van der Waals surface area contributed by atoms with E-state index in [2.05, 4.69) is 39.1 Å². The van der Waals surface area contributed by atoms with Gasteiger partial charge in [0.2, 0.25) is 0 Å². The molecule has 1 aromatic carbocycles. The van der Waals surface area contributed by atoms with Gasteiger partial charge in [-0.1, -0.05) is 6.92 Å². The van der Waals surface area contributed by atoms with Gasteiger partial charge >= 0.3 is 0 Å². The monoisotopic (exact) mass is 344 g/mol. The number of ether oxygens (including phenoxy) is 2. The first-order chi connectivity index (χ1) is 9.58. The first-order valence-electron chi connectivity index (χ1n) is 7.01. The molecule has 0 aliphatic carbocycles. The van der Waals surface area contributed by atoms with Gasteiger partial charge in [-0.05, 0) is 61.2 Å². The molecule has 1 rings (SSSR count). The third-order valence-electron chi connectivity index (χ3n) is 2.73. The average molecular weight is 345 g/mol. The molecule has 20 heavy (non-hydrogen) atoms. The van der Waals surface area contributed by atoms with Crippen LogP contribution in [0.4, 0.5) is 0 Å². The highest BCUT2D eigenvalue weighted by Crippen LogP contribution is 2.36. The second-order valence-corrected chi connectivity index (χ2v) is 5.62. The van der Waals surface area contributed by atoms with Gasteiger partial charge in [0.1, 0.15) is 6.61 Å². The van der Waals surface area contributed by atoms with Gasteiger partial charge in [-0.2, -0.15) is 0 Å². The van der Waals surface area contributed by atoms with Gasteiger partial charge in [-0.15, -0.1) is 0 Å². The highest BCUT2D eigenvalue weighted by Gasteiger charge is 2.12. The molecule has 0 atom stereocenters. The van der Waals surface area contributed by atoms with Gasteiger partial charge in [0, 0.05) is 13.1 Å². The summed E-state index contributed by atoms with van der Waals surface area (Å²) in [5.74, 6) is 1.59. The molecule has 0 saturated carbocycles. The summed E-state index contributed by atoms with van der Waals surface area (Å²) in [5.41, 5.74) is 1.18. The molecule has 114 valence electrons. The van der Waals surface area contributed by atoms with Crippen LogP contribution in [-0.4, -0.2) is 45.3 Å². The van der Waals surface area contributed by atoms with E-state index in [1.807, 2.05) is 27.1 Å². The lowest BCUT2D eigenvalue weighted by Crippen LogP contribution is -2.20. The lowest BCUT2D eigenvalue weighted by Gasteiger charge is -2.17. The first-order valence-corrected chi connectivity index (χ1v) is 7.81. The maximum Gasteiger partial charge on any atom is 0.175 e. The molecule has 0 saturated heterocycles. The normalized spacial score (nSPS) is 10.9. The minimum Gasteiger partial charge on any atom is -0.490 e. The molecular weight excluding hydrogens is 320 g/mol. The maximum atomic E-state index is 5.86. The molecule has 0 fully saturated rings. The van der Waals surface area contributed by atoms with Crippen LogP contribution < -0.4 is 14.8 Å². The van der Waals surface area contributed by atoms with E-state index in [1.54, 1.807) is 0 Å². The van der Waals surface area contributed by atoms with Gasteiger partial charge in [0.05, 0.1) is 11.1 Å². The summed E-state index contributed by atoms with van der Waals surface area (Å²) in [6.07, 6.45) is 0. The third kappa shape index (κ3) is 5.69. The number of nitrogens with one attached hydrogen (secondary N) is 1. The van der Waals surface area contributed by atoms with Crippen molar-refractivity contribution in [2.24, 2.45) is 0 Å². The number of likely N-dealkylation sites (N-methyl/N-ethyl adjacent to an activating group) is 1. The number of hydrogen-bond donors (Lipinski definition) is 1. The molecule has 0 bridgehead atoms.